The van der Waals surface area contributed by atoms with Gasteiger partial charge in [-0.15, -0.1) is 11.3 Å². The normalized spacial score (nSPS) is 10.8. The monoisotopic (exact) mass is 308 g/mol. The van der Waals surface area contributed by atoms with Crippen LogP contribution >= 0.6 is 11.3 Å². The first kappa shape index (κ1) is 14.9. The summed E-state index contributed by atoms with van der Waals surface area (Å²) in [7, 11) is 0. The van der Waals surface area contributed by atoms with Crippen LogP contribution in [0.15, 0.2) is 60.0 Å². The Morgan fingerprint density at radius 1 is 0.864 bits per heavy atom. The van der Waals surface area contributed by atoms with Crippen molar-refractivity contribution in [3.8, 4) is 22.4 Å². The smallest absolute Gasteiger partial charge is 0.0932 e. The molecule has 0 fully saturated rings. The molecule has 2 N–H and O–H groups in total. The van der Waals surface area contributed by atoms with Gasteiger partial charge in [0.1, 0.15) is 0 Å². The van der Waals surface area contributed by atoms with Crippen LogP contribution in [0, 0.1) is 0 Å². The molecule has 0 unspecified atom stereocenters. The lowest BCUT2D eigenvalue weighted by molar-refractivity contribution is 0.742. The van der Waals surface area contributed by atoms with E-state index < -0.39 is 0 Å². The van der Waals surface area contributed by atoms with Crippen LogP contribution in [-0.4, -0.2) is 11.5 Å². The van der Waals surface area contributed by atoms with Crippen LogP contribution in [0.5, 0.6) is 0 Å². The van der Waals surface area contributed by atoms with Crippen LogP contribution in [0.1, 0.15) is 17.8 Å². The average molecular weight is 308 g/mol. The number of benzene rings is 2. The van der Waals surface area contributed by atoms with Crippen molar-refractivity contribution in [2.75, 3.05) is 6.54 Å². The molecule has 1 heterocycles. The van der Waals surface area contributed by atoms with Gasteiger partial charge in [0, 0.05) is 10.9 Å². The molecular weight excluding hydrogens is 288 g/mol. The third kappa shape index (κ3) is 3.43. The van der Waals surface area contributed by atoms with Crippen molar-refractivity contribution in [2.45, 2.75) is 19.3 Å². The van der Waals surface area contributed by atoms with Crippen molar-refractivity contribution < 1.29 is 0 Å². The molecule has 1 aromatic heterocycles. The van der Waals surface area contributed by atoms with Crippen LogP contribution in [0.4, 0.5) is 0 Å². The molecule has 0 bridgehead atoms. The molecule has 0 aliphatic rings. The van der Waals surface area contributed by atoms with Gasteiger partial charge in [-0.25, -0.2) is 4.98 Å². The second-order valence-electron chi connectivity index (χ2n) is 5.28. The van der Waals surface area contributed by atoms with E-state index in [2.05, 4.69) is 53.9 Å². The zero-order valence-corrected chi connectivity index (χ0v) is 13.4. The maximum atomic E-state index is 5.56. The number of thiazole rings is 1. The second-order valence-corrected chi connectivity index (χ2v) is 6.23. The molecular formula is C19H20N2S. The van der Waals surface area contributed by atoms with Gasteiger partial charge in [-0.2, -0.15) is 0 Å². The van der Waals surface area contributed by atoms with Crippen molar-refractivity contribution in [3.63, 3.8) is 0 Å². The largest absolute Gasteiger partial charge is 0.330 e. The first-order chi connectivity index (χ1) is 10.9. The van der Waals surface area contributed by atoms with Gasteiger partial charge in [0.05, 0.1) is 10.7 Å². The highest BCUT2D eigenvalue weighted by Gasteiger charge is 2.10. The molecule has 0 atom stereocenters. The molecule has 2 nitrogen and oxygen atoms in total. The standard InChI is InChI=1S/C19H20N2S/c20-13-7-6-12-19-21-18(14-22-19)17-11-5-4-10-16(17)15-8-2-1-3-9-15/h1-5,8-11,14H,6-7,12-13,20H2. The zero-order valence-electron chi connectivity index (χ0n) is 12.5. The highest BCUT2D eigenvalue weighted by Crippen LogP contribution is 2.32. The highest BCUT2D eigenvalue weighted by molar-refractivity contribution is 7.09. The van der Waals surface area contributed by atoms with E-state index >= 15 is 0 Å². The van der Waals surface area contributed by atoms with Crippen molar-refractivity contribution in [1.82, 2.24) is 4.98 Å². The number of nitrogens with zero attached hydrogens (tertiary/aromatic N) is 1. The van der Waals surface area contributed by atoms with E-state index in [4.69, 9.17) is 10.7 Å². The topological polar surface area (TPSA) is 38.9 Å². The molecule has 3 heteroatoms. The van der Waals surface area contributed by atoms with Gasteiger partial charge in [-0.3, -0.25) is 0 Å². The first-order valence-corrected chi connectivity index (χ1v) is 8.56. The van der Waals surface area contributed by atoms with Gasteiger partial charge in [-0.1, -0.05) is 54.6 Å². The van der Waals surface area contributed by atoms with Crippen molar-refractivity contribution >= 4 is 11.3 Å². The van der Waals surface area contributed by atoms with E-state index in [1.807, 2.05) is 6.07 Å². The molecule has 0 saturated heterocycles. The van der Waals surface area contributed by atoms with E-state index in [-0.39, 0.29) is 0 Å². The number of rotatable bonds is 6. The van der Waals surface area contributed by atoms with Gasteiger partial charge in [0.15, 0.2) is 0 Å². The molecule has 112 valence electrons. The zero-order chi connectivity index (χ0) is 15.2. The van der Waals surface area contributed by atoms with Crippen LogP contribution < -0.4 is 5.73 Å². The summed E-state index contributed by atoms with van der Waals surface area (Å²) in [6.07, 6.45) is 3.20. The Labute approximate surface area is 135 Å². The predicted octanol–water partition coefficient (Wildman–Crippen LogP) is 4.76. The van der Waals surface area contributed by atoms with Crippen LogP contribution in [0.25, 0.3) is 22.4 Å². The number of aryl methyl sites for hydroxylation is 1. The average Bonchev–Trinajstić information content (AvgIpc) is 3.05. The van der Waals surface area contributed by atoms with E-state index in [1.54, 1.807) is 11.3 Å². The Bertz CT molecular complexity index is 719. The maximum absolute atomic E-state index is 5.56. The minimum atomic E-state index is 0.759. The molecule has 0 amide bonds. The van der Waals surface area contributed by atoms with E-state index in [1.165, 1.54) is 21.7 Å². The van der Waals surface area contributed by atoms with Crippen molar-refractivity contribution in [2.24, 2.45) is 5.73 Å². The molecule has 0 aliphatic heterocycles. The molecule has 2 aromatic carbocycles. The first-order valence-electron chi connectivity index (χ1n) is 7.68. The fraction of sp³-hybridized carbons (Fsp3) is 0.211. The summed E-state index contributed by atoms with van der Waals surface area (Å²) in [6, 6.07) is 19.0. The van der Waals surface area contributed by atoms with Gasteiger partial charge in [0.2, 0.25) is 0 Å². The number of nitrogens with two attached hydrogens (primary N) is 1. The summed E-state index contributed by atoms with van der Waals surface area (Å²) >= 11 is 1.75. The minimum Gasteiger partial charge on any atom is -0.330 e. The summed E-state index contributed by atoms with van der Waals surface area (Å²) in [6.45, 7) is 0.759. The molecule has 0 saturated carbocycles. The minimum absolute atomic E-state index is 0.759. The van der Waals surface area contributed by atoms with Crippen LogP contribution in [-0.2, 0) is 6.42 Å². The number of hydrogen-bond donors (Lipinski definition) is 1. The lowest BCUT2D eigenvalue weighted by Gasteiger charge is -2.07. The fourth-order valence-electron chi connectivity index (χ4n) is 2.55. The molecule has 3 aromatic rings. The van der Waals surface area contributed by atoms with Crippen LogP contribution in [0.3, 0.4) is 0 Å². The number of unbranched alkanes of at least 4 members (excludes halogenated alkanes) is 1. The Balaban J connectivity index is 1.89. The SMILES string of the molecule is NCCCCc1nc(-c2ccccc2-c2ccccc2)cs1. The lowest BCUT2D eigenvalue weighted by atomic mass is 9.98. The maximum Gasteiger partial charge on any atom is 0.0932 e. The fourth-order valence-corrected chi connectivity index (χ4v) is 3.39. The Kier molecular flexibility index (Phi) is 4.99. The Hall–Kier alpha value is -1.97. The van der Waals surface area contributed by atoms with Crippen LogP contribution in [0.2, 0.25) is 0 Å². The van der Waals surface area contributed by atoms with E-state index in [0.717, 1.165) is 31.5 Å². The molecule has 0 aliphatic carbocycles. The Morgan fingerprint density at radius 2 is 1.59 bits per heavy atom. The van der Waals surface area contributed by atoms with Gasteiger partial charge in [-0.05, 0) is 36.9 Å². The predicted molar refractivity (Wildman–Crippen MR) is 95.0 cm³/mol. The van der Waals surface area contributed by atoms with E-state index in [0.29, 0.717) is 0 Å². The molecule has 0 spiro atoms. The van der Waals surface area contributed by atoms with Crippen molar-refractivity contribution in [1.29, 1.82) is 0 Å². The number of aromatic nitrogens is 1. The summed E-state index contributed by atoms with van der Waals surface area (Å²) in [5.74, 6) is 0. The third-order valence-corrected chi connectivity index (χ3v) is 4.59. The lowest BCUT2D eigenvalue weighted by Crippen LogP contribution is -1.98. The Morgan fingerprint density at radius 3 is 2.36 bits per heavy atom. The molecule has 3 rings (SSSR count). The molecule has 0 radical (unpaired) electrons. The summed E-state index contributed by atoms with van der Waals surface area (Å²) < 4.78 is 0. The van der Waals surface area contributed by atoms with Gasteiger partial charge in [0.25, 0.3) is 0 Å². The van der Waals surface area contributed by atoms with Gasteiger partial charge < -0.3 is 5.73 Å². The summed E-state index contributed by atoms with van der Waals surface area (Å²) in [5, 5.41) is 3.37. The number of hydrogen-bond acceptors (Lipinski definition) is 3. The van der Waals surface area contributed by atoms with Crippen molar-refractivity contribution in [3.05, 3.63) is 65.0 Å². The summed E-state index contributed by atoms with van der Waals surface area (Å²) in [5.41, 5.74) is 10.3. The highest BCUT2D eigenvalue weighted by atomic mass is 32.1. The second kappa shape index (κ2) is 7.34. The quantitative estimate of drug-likeness (QED) is 0.667. The third-order valence-electron chi connectivity index (χ3n) is 3.68. The summed E-state index contributed by atoms with van der Waals surface area (Å²) in [4.78, 5) is 4.82. The van der Waals surface area contributed by atoms with E-state index in [9.17, 15) is 0 Å². The molecule has 22 heavy (non-hydrogen) atoms. The van der Waals surface area contributed by atoms with Gasteiger partial charge >= 0.3 is 0 Å².